The van der Waals surface area contributed by atoms with Crippen molar-refractivity contribution in [3.8, 4) is 5.75 Å². The van der Waals surface area contributed by atoms with Crippen molar-refractivity contribution in [3.05, 3.63) is 59.7 Å². The number of benzene rings is 2. The Labute approximate surface area is 192 Å². The fourth-order valence-electron chi connectivity index (χ4n) is 4.62. The first-order valence-corrected chi connectivity index (χ1v) is 11.1. The number of halogens is 1. The lowest BCUT2D eigenvalue weighted by Gasteiger charge is -2.38. The Kier molecular flexibility index (Phi) is 8.35. The van der Waals surface area contributed by atoms with E-state index in [2.05, 4.69) is 34.9 Å². The Morgan fingerprint density at radius 3 is 2.48 bits per heavy atom. The van der Waals surface area contributed by atoms with E-state index in [1.165, 1.54) is 11.1 Å². The highest BCUT2D eigenvalue weighted by molar-refractivity contribution is 5.93. The monoisotopic (exact) mass is 443 g/mol. The molecule has 6 heteroatoms. The van der Waals surface area contributed by atoms with Crippen LogP contribution in [0.2, 0.25) is 0 Å². The van der Waals surface area contributed by atoms with Gasteiger partial charge in [-0.2, -0.15) is 0 Å². The van der Waals surface area contributed by atoms with E-state index >= 15 is 0 Å². The van der Waals surface area contributed by atoms with Crippen molar-refractivity contribution in [2.24, 2.45) is 0 Å². The Hall–Kier alpha value is -2.08. The van der Waals surface area contributed by atoms with Crippen LogP contribution in [-0.2, 0) is 17.6 Å². The third-order valence-electron chi connectivity index (χ3n) is 6.40. The molecule has 1 atom stereocenters. The van der Waals surface area contributed by atoms with Gasteiger partial charge < -0.3 is 9.64 Å². The number of ether oxygens (including phenoxy) is 1. The lowest BCUT2D eigenvalue weighted by atomic mass is 10.0. The minimum atomic E-state index is 0. The quantitative estimate of drug-likeness (QED) is 0.654. The summed E-state index contributed by atoms with van der Waals surface area (Å²) >= 11 is 0. The first-order chi connectivity index (χ1) is 14.6. The van der Waals surface area contributed by atoms with E-state index in [4.69, 9.17) is 4.74 Å². The van der Waals surface area contributed by atoms with E-state index < -0.39 is 0 Å². The molecule has 2 aromatic rings. The summed E-state index contributed by atoms with van der Waals surface area (Å²) < 4.78 is 5.84. The zero-order valence-electron chi connectivity index (χ0n) is 18.6. The van der Waals surface area contributed by atoms with Crippen LogP contribution in [0.25, 0.3) is 0 Å². The van der Waals surface area contributed by atoms with Crippen LogP contribution in [0.3, 0.4) is 0 Å². The molecule has 2 aliphatic heterocycles. The SMILES string of the molecule is CC(=O)N1CCc2cc(CC(C)N3CCN(CCOc4ccccc4)CC3)ccc21.Cl. The zero-order valence-corrected chi connectivity index (χ0v) is 19.4. The number of para-hydroxylation sites is 1. The second kappa shape index (κ2) is 11.0. The zero-order chi connectivity index (χ0) is 20.9. The van der Waals surface area contributed by atoms with Crippen LogP contribution in [0.15, 0.2) is 48.5 Å². The number of hydrogen-bond acceptors (Lipinski definition) is 4. The molecule has 31 heavy (non-hydrogen) atoms. The van der Waals surface area contributed by atoms with Crippen molar-refractivity contribution in [3.63, 3.8) is 0 Å². The first-order valence-electron chi connectivity index (χ1n) is 11.1. The number of carbonyl (C=O) groups is 1. The molecular formula is C25H34ClN3O2. The summed E-state index contributed by atoms with van der Waals surface area (Å²) in [5.41, 5.74) is 3.80. The van der Waals surface area contributed by atoms with Gasteiger partial charge in [0.2, 0.25) is 5.91 Å². The van der Waals surface area contributed by atoms with Gasteiger partial charge in [0.1, 0.15) is 12.4 Å². The van der Waals surface area contributed by atoms with Gasteiger partial charge >= 0.3 is 0 Å². The molecule has 2 heterocycles. The van der Waals surface area contributed by atoms with Crippen molar-refractivity contribution in [1.29, 1.82) is 0 Å². The standard InChI is InChI=1S/C25H33N3O2.ClH/c1-20(18-22-8-9-25-23(19-22)10-11-28(25)21(2)29)27-14-12-26(13-15-27)16-17-30-24-6-4-3-5-7-24;/h3-9,19-20H,10-18H2,1-2H3;1H. The highest BCUT2D eigenvalue weighted by Crippen LogP contribution is 2.29. The summed E-state index contributed by atoms with van der Waals surface area (Å²) in [7, 11) is 0. The van der Waals surface area contributed by atoms with Gasteiger partial charge in [0.25, 0.3) is 0 Å². The van der Waals surface area contributed by atoms with Gasteiger partial charge in [-0.3, -0.25) is 14.6 Å². The summed E-state index contributed by atoms with van der Waals surface area (Å²) in [4.78, 5) is 18.7. The summed E-state index contributed by atoms with van der Waals surface area (Å²) in [6, 6.07) is 17.2. The number of hydrogen-bond donors (Lipinski definition) is 0. The van der Waals surface area contributed by atoms with Crippen molar-refractivity contribution < 1.29 is 9.53 Å². The number of piperazine rings is 1. The maximum Gasteiger partial charge on any atom is 0.223 e. The van der Waals surface area contributed by atoms with Crippen molar-refractivity contribution in [2.75, 3.05) is 50.8 Å². The molecule has 0 aromatic heterocycles. The molecular weight excluding hydrogens is 410 g/mol. The van der Waals surface area contributed by atoms with Crippen LogP contribution >= 0.6 is 12.4 Å². The number of rotatable bonds is 7. The second-order valence-corrected chi connectivity index (χ2v) is 8.48. The number of fused-ring (bicyclic) bond motifs is 1. The highest BCUT2D eigenvalue weighted by Gasteiger charge is 2.24. The van der Waals surface area contributed by atoms with E-state index in [0.29, 0.717) is 6.04 Å². The van der Waals surface area contributed by atoms with E-state index in [1.807, 2.05) is 35.2 Å². The molecule has 2 aliphatic rings. The normalized spacial score (nSPS) is 17.7. The van der Waals surface area contributed by atoms with Crippen molar-refractivity contribution in [2.45, 2.75) is 32.7 Å². The topological polar surface area (TPSA) is 36.0 Å². The molecule has 0 radical (unpaired) electrons. The van der Waals surface area contributed by atoms with Crippen LogP contribution < -0.4 is 9.64 Å². The number of amides is 1. The molecule has 5 nitrogen and oxygen atoms in total. The molecule has 1 amide bonds. The molecule has 0 bridgehead atoms. The van der Waals surface area contributed by atoms with Crippen LogP contribution in [0.4, 0.5) is 5.69 Å². The fraction of sp³-hybridized carbons (Fsp3) is 0.480. The second-order valence-electron chi connectivity index (χ2n) is 8.48. The van der Waals surface area contributed by atoms with Gasteiger partial charge in [-0.25, -0.2) is 0 Å². The van der Waals surface area contributed by atoms with Gasteiger partial charge in [0.15, 0.2) is 0 Å². The van der Waals surface area contributed by atoms with E-state index in [1.54, 1.807) is 6.92 Å². The summed E-state index contributed by atoms with van der Waals surface area (Å²) in [5, 5.41) is 0. The van der Waals surface area contributed by atoms with E-state index in [0.717, 1.165) is 70.2 Å². The largest absolute Gasteiger partial charge is 0.492 e. The van der Waals surface area contributed by atoms with Gasteiger partial charge in [-0.1, -0.05) is 30.3 Å². The third-order valence-corrected chi connectivity index (χ3v) is 6.40. The lowest BCUT2D eigenvalue weighted by Crippen LogP contribution is -2.50. The van der Waals surface area contributed by atoms with E-state index in [9.17, 15) is 4.79 Å². The number of carbonyl (C=O) groups excluding carboxylic acids is 1. The van der Waals surface area contributed by atoms with Gasteiger partial charge in [0.05, 0.1) is 0 Å². The Balaban J connectivity index is 0.00000272. The Morgan fingerprint density at radius 1 is 1.03 bits per heavy atom. The fourth-order valence-corrected chi connectivity index (χ4v) is 4.62. The maximum absolute atomic E-state index is 11.7. The molecule has 168 valence electrons. The van der Waals surface area contributed by atoms with Gasteiger partial charge in [-0.05, 0) is 49.1 Å². The third kappa shape index (κ3) is 6.00. The molecule has 0 aliphatic carbocycles. The predicted molar refractivity (Wildman–Crippen MR) is 129 cm³/mol. The van der Waals surface area contributed by atoms with E-state index in [-0.39, 0.29) is 18.3 Å². The summed E-state index contributed by atoms with van der Waals surface area (Å²) in [6.07, 6.45) is 2.03. The molecule has 0 saturated carbocycles. The average molecular weight is 444 g/mol. The van der Waals surface area contributed by atoms with Crippen LogP contribution in [0.1, 0.15) is 25.0 Å². The number of nitrogens with zero attached hydrogens (tertiary/aromatic N) is 3. The van der Waals surface area contributed by atoms with Crippen LogP contribution in [-0.4, -0.2) is 67.6 Å². The summed E-state index contributed by atoms with van der Waals surface area (Å²) in [6.45, 7) is 10.9. The smallest absolute Gasteiger partial charge is 0.223 e. The average Bonchev–Trinajstić information content (AvgIpc) is 3.18. The van der Waals surface area contributed by atoms with Crippen molar-refractivity contribution >= 4 is 24.0 Å². The first kappa shape index (κ1) is 23.6. The maximum atomic E-state index is 11.7. The van der Waals surface area contributed by atoms with Gasteiger partial charge in [0, 0.05) is 57.9 Å². The minimum Gasteiger partial charge on any atom is -0.492 e. The predicted octanol–water partition coefficient (Wildman–Crippen LogP) is 3.65. The Morgan fingerprint density at radius 2 is 1.77 bits per heavy atom. The number of anilines is 1. The Bertz CT molecular complexity index is 853. The molecule has 0 N–H and O–H groups in total. The molecule has 0 spiro atoms. The molecule has 4 rings (SSSR count). The minimum absolute atomic E-state index is 0. The molecule has 2 aromatic carbocycles. The molecule has 1 fully saturated rings. The van der Waals surface area contributed by atoms with Gasteiger partial charge in [-0.15, -0.1) is 12.4 Å². The lowest BCUT2D eigenvalue weighted by molar-refractivity contribution is -0.116. The highest BCUT2D eigenvalue weighted by atomic mass is 35.5. The van der Waals surface area contributed by atoms with Crippen molar-refractivity contribution in [1.82, 2.24) is 9.80 Å². The van der Waals surface area contributed by atoms with Crippen LogP contribution in [0.5, 0.6) is 5.75 Å². The molecule has 1 unspecified atom stereocenters. The van der Waals surface area contributed by atoms with Crippen LogP contribution in [0, 0.1) is 0 Å². The molecule has 1 saturated heterocycles. The summed E-state index contributed by atoms with van der Waals surface area (Å²) in [5.74, 6) is 1.09.